The Morgan fingerprint density at radius 3 is 2.47 bits per heavy atom. The lowest BCUT2D eigenvalue weighted by molar-refractivity contribution is 0.112. The summed E-state index contributed by atoms with van der Waals surface area (Å²) in [7, 11) is 1.68. The SMILES string of the molecule is COCc1cccc(-c2cccc(C=O)c2)c1. The minimum absolute atomic E-state index is 0.598. The molecule has 0 aliphatic rings. The van der Waals surface area contributed by atoms with E-state index in [4.69, 9.17) is 4.74 Å². The third kappa shape index (κ3) is 2.80. The number of carbonyl (C=O) groups is 1. The number of benzene rings is 2. The minimum Gasteiger partial charge on any atom is -0.380 e. The Bertz CT molecular complexity index is 518. The van der Waals surface area contributed by atoms with Gasteiger partial charge in [0.05, 0.1) is 6.61 Å². The van der Waals surface area contributed by atoms with Crippen molar-refractivity contribution in [3.63, 3.8) is 0 Å². The average molecular weight is 226 g/mol. The molecule has 0 atom stereocenters. The molecule has 0 heterocycles. The normalized spacial score (nSPS) is 10.2. The molecule has 0 aliphatic carbocycles. The van der Waals surface area contributed by atoms with Crippen molar-refractivity contribution in [3.05, 3.63) is 59.7 Å². The van der Waals surface area contributed by atoms with E-state index in [0.717, 1.165) is 23.0 Å². The molecule has 0 radical (unpaired) electrons. The van der Waals surface area contributed by atoms with Crippen LogP contribution in [0.15, 0.2) is 48.5 Å². The summed E-state index contributed by atoms with van der Waals surface area (Å²) >= 11 is 0. The number of carbonyl (C=O) groups excluding carboxylic acids is 1. The van der Waals surface area contributed by atoms with Crippen LogP contribution in [0, 0.1) is 0 Å². The van der Waals surface area contributed by atoms with Crippen molar-refractivity contribution < 1.29 is 9.53 Å². The molecule has 2 rings (SSSR count). The summed E-state index contributed by atoms with van der Waals surface area (Å²) in [5.74, 6) is 0. The van der Waals surface area contributed by atoms with Crippen LogP contribution in [-0.2, 0) is 11.3 Å². The minimum atomic E-state index is 0.598. The van der Waals surface area contributed by atoms with Gasteiger partial charge in [-0.2, -0.15) is 0 Å². The first-order valence-electron chi connectivity index (χ1n) is 5.47. The van der Waals surface area contributed by atoms with E-state index in [9.17, 15) is 4.79 Å². The number of methoxy groups -OCH3 is 1. The third-order valence-corrected chi connectivity index (χ3v) is 2.59. The molecule has 0 aromatic heterocycles. The molecule has 0 amide bonds. The van der Waals surface area contributed by atoms with Crippen LogP contribution in [0.25, 0.3) is 11.1 Å². The van der Waals surface area contributed by atoms with Gasteiger partial charge in [-0.05, 0) is 28.8 Å². The van der Waals surface area contributed by atoms with Gasteiger partial charge in [0, 0.05) is 12.7 Å². The van der Waals surface area contributed by atoms with Gasteiger partial charge in [-0.25, -0.2) is 0 Å². The summed E-state index contributed by atoms with van der Waals surface area (Å²) in [5.41, 5.74) is 3.97. The van der Waals surface area contributed by atoms with Gasteiger partial charge in [-0.1, -0.05) is 36.4 Å². The maximum Gasteiger partial charge on any atom is 0.150 e. The highest BCUT2D eigenvalue weighted by Crippen LogP contribution is 2.21. The van der Waals surface area contributed by atoms with E-state index in [1.54, 1.807) is 13.2 Å². The van der Waals surface area contributed by atoms with E-state index in [-0.39, 0.29) is 0 Å². The highest BCUT2D eigenvalue weighted by molar-refractivity contribution is 5.78. The molecule has 2 heteroatoms. The first-order chi connectivity index (χ1) is 8.33. The van der Waals surface area contributed by atoms with Gasteiger partial charge in [0.25, 0.3) is 0 Å². The van der Waals surface area contributed by atoms with Gasteiger partial charge in [-0.15, -0.1) is 0 Å². The lowest BCUT2D eigenvalue weighted by atomic mass is 10.0. The number of rotatable bonds is 4. The predicted molar refractivity (Wildman–Crippen MR) is 68.0 cm³/mol. The van der Waals surface area contributed by atoms with Crippen molar-refractivity contribution in [3.8, 4) is 11.1 Å². The lowest BCUT2D eigenvalue weighted by Crippen LogP contribution is -1.88. The van der Waals surface area contributed by atoms with Gasteiger partial charge < -0.3 is 4.74 Å². The summed E-state index contributed by atoms with van der Waals surface area (Å²) in [6, 6.07) is 15.7. The second kappa shape index (κ2) is 5.41. The molecule has 0 saturated carbocycles. The van der Waals surface area contributed by atoms with Crippen LogP contribution in [0.1, 0.15) is 15.9 Å². The first kappa shape index (κ1) is 11.6. The molecule has 0 N–H and O–H groups in total. The molecular weight excluding hydrogens is 212 g/mol. The maximum absolute atomic E-state index is 10.7. The summed E-state index contributed by atoms with van der Waals surface area (Å²) in [5, 5.41) is 0. The Balaban J connectivity index is 2.37. The van der Waals surface area contributed by atoms with Crippen molar-refractivity contribution in [2.75, 3.05) is 7.11 Å². The molecule has 0 saturated heterocycles. The summed E-state index contributed by atoms with van der Waals surface area (Å²) in [4.78, 5) is 10.7. The van der Waals surface area contributed by atoms with Crippen LogP contribution in [0.3, 0.4) is 0 Å². The summed E-state index contributed by atoms with van der Waals surface area (Å²) in [6.07, 6.45) is 0.864. The standard InChI is InChI=1S/C15H14O2/c1-17-11-13-5-3-7-15(9-13)14-6-2-4-12(8-14)10-16/h2-10H,11H2,1H3. The molecular formula is C15H14O2. The Morgan fingerprint density at radius 2 is 1.76 bits per heavy atom. The molecule has 17 heavy (non-hydrogen) atoms. The zero-order valence-corrected chi connectivity index (χ0v) is 9.72. The molecule has 0 aliphatic heterocycles. The number of hydrogen-bond acceptors (Lipinski definition) is 2. The number of hydrogen-bond donors (Lipinski definition) is 0. The number of ether oxygens (including phenoxy) is 1. The van der Waals surface area contributed by atoms with E-state index in [1.165, 1.54) is 0 Å². The Kier molecular flexibility index (Phi) is 3.68. The van der Waals surface area contributed by atoms with E-state index in [2.05, 4.69) is 6.07 Å². The molecule has 0 spiro atoms. The first-order valence-corrected chi connectivity index (χ1v) is 5.47. The van der Waals surface area contributed by atoms with Crippen LogP contribution in [0.2, 0.25) is 0 Å². The third-order valence-electron chi connectivity index (χ3n) is 2.59. The fraction of sp³-hybridized carbons (Fsp3) is 0.133. The van der Waals surface area contributed by atoms with Gasteiger partial charge in [0.15, 0.2) is 0 Å². The van der Waals surface area contributed by atoms with Gasteiger partial charge in [-0.3, -0.25) is 4.79 Å². The molecule has 86 valence electrons. The largest absolute Gasteiger partial charge is 0.380 e. The fourth-order valence-electron chi connectivity index (χ4n) is 1.80. The van der Waals surface area contributed by atoms with Crippen LogP contribution in [-0.4, -0.2) is 13.4 Å². The van der Waals surface area contributed by atoms with Gasteiger partial charge in [0.2, 0.25) is 0 Å². The number of aldehydes is 1. The predicted octanol–water partition coefficient (Wildman–Crippen LogP) is 3.31. The lowest BCUT2D eigenvalue weighted by Gasteiger charge is -2.05. The molecule has 2 aromatic rings. The summed E-state index contributed by atoms with van der Waals surface area (Å²) < 4.78 is 5.11. The van der Waals surface area contributed by atoms with Crippen LogP contribution in [0.5, 0.6) is 0 Å². The quantitative estimate of drug-likeness (QED) is 0.747. The van der Waals surface area contributed by atoms with Crippen LogP contribution in [0.4, 0.5) is 0 Å². The molecule has 0 fully saturated rings. The average Bonchev–Trinajstić information content (AvgIpc) is 2.40. The van der Waals surface area contributed by atoms with E-state index < -0.39 is 0 Å². The van der Waals surface area contributed by atoms with Crippen molar-refractivity contribution in [2.45, 2.75) is 6.61 Å². The van der Waals surface area contributed by atoms with E-state index in [1.807, 2.05) is 36.4 Å². The topological polar surface area (TPSA) is 26.3 Å². The second-order valence-corrected chi connectivity index (χ2v) is 3.88. The zero-order chi connectivity index (χ0) is 12.1. The maximum atomic E-state index is 10.7. The highest BCUT2D eigenvalue weighted by atomic mass is 16.5. The van der Waals surface area contributed by atoms with Crippen molar-refractivity contribution in [2.24, 2.45) is 0 Å². The van der Waals surface area contributed by atoms with Crippen molar-refractivity contribution >= 4 is 6.29 Å². The Labute approximate surface area is 101 Å². The molecule has 2 aromatic carbocycles. The fourth-order valence-corrected chi connectivity index (χ4v) is 1.80. The Hall–Kier alpha value is -1.93. The molecule has 0 bridgehead atoms. The van der Waals surface area contributed by atoms with Crippen LogP contribution >= 0.6 is 0 Å². The van der Waals surface area contributed by atoms with Crippen molar-refractivity contribution in [1.82, 2.24) is 0 Å². The summed E-state index contributed by atoms with van der Waals surface area (Å²) in [6.45, 7) is 0.598. The molecule has 2 nitrogen and oxygen atoms in total. The highest BCUT2D eigenvalue weighted by Gasteiger charge is 2.00. The second-order valence-electron chi connectivity index (χ2n) is 3.88. The zero-order valence-electron chi connectivity index (χ0n) is 9.72. The van der Waals surface area contributed by atoms with Crippen LogP contribution < -0.4 is 0 Å². The van der Waals surface area contributed by atoms with Crippen molar-refractivity contribution in [1.29, 1.82) is 0 Å². The van der Waals surface area contributed by atoms with Gasteiger partial charge >= 0.3 is 0 Å². The Morgan fingerprint density at radius 1 is 1.06 bits per heavy atom. The van der Waals surface area contributed by atoms with E-state index in [0.29, 0.717) is 12.2 Å². The van der Waals surface area contributed by atoms with E-state index >= 15 is 0 Å². The monoisotopic (exact) mass is 226 g/mol. The molecule has 0 unspecified atom stereocenters. The van der Waals surface area contributed by atoms with Gasteiger partial charge in [0.1, 0.15) is 6.29 Å². The smallest absolute Gasteiger partial charge is 0.150 e.